The lowest BCUT2D eigenvalue weighted by atomic mass is 10.1. The van der Waals surface area contributed by atoms with Crippen molar-refractivity contribution >= 4 is 6.09 Å². The Hall–Kier alpha value is -0.810. The van der Waals surface area contributed by atoms with Crippen LogP contribution in [0.2, 0.25) is 0 Å². The lowest BCUT2D eigenvalue weighted by Gasteiger charge is -2.39. The molecular formula is C13H27N3O2. The molecule has 1 heterocycles. The third-order valence-electron chi connectivity index (χ3n) is 3.25. The second-order valence-corrected chi connectivity index (χ2v) is 6.15. The van der Waals surface area contributed by atoms with Crippen LogP contribution in [0, 0.1) is 0 Å². The minimum absolute atomic E-state index is 0.272. The summed E-state index contributed by atoms with van der Waals surface area (Å²) in [6, 6.07) is 0.619. The highest BCUT2D eigenvalue weighted by Gasteiger charge is 2.27. The van der Waals surface area contributed by atoms with Crippen molar-refractivity contribution < 1.29 is 9.53 Å². The van der Waals surface area contributed by atoms with E-state index in [1.807, 2.05) is 20.8 Å². The standard InChI is InChI=1S/C13H27N3O2/c1-13(2,3)18-12(17)15(6)16-9-7-11(8-10-16)14(4)5/h11H,7-10H2,1-6H3. The van der Waals surface area contributed by atoms with E-state index in [1.165, 1.54) is 0 Å². The quantitative estimate of drug-likeness (QED) is 0.755. The second kappa shape index (κ2) is 5.89. The van der Waals surface area contributed by atoms with Crippen LogP contribution in [0.5, 0.6) is 0 Å². The summed E-state index contributed by atoms with van der Waals surface area (Å²) in [7, 11) is 6.00. The molecule has 0 aromatic carbocycles. The third kappa shape index (κ3) is 4.46. The summed E-state index contributed by atoms with van der Waals surface area (Å²) >= 11 is 0. The highest BCUT2D eigenvalue weighted by molar-refractivity contribution is 5.67. The average Bonchev–Trinajstić information content (AvgIpc) is 2.26. The molecule has 0 aromatic rings. The molecule has 1 rings (SSSR count). The number of amides is 1. The van der Waals surface area contributed by atoms with Gasteiger partial charge in [0, 0.05) is 26.2 Å². The lowest BCUT2D eigenvalue weighted by Crippen LogP contribution is -2.51. The summed E-state index contributed by atoms with van der Waals surface area (Å²) in [5.74, 6) is 0. The van der Waals surface area contributed by atoms with Gasteiger partial charge in [-0.2, -0.15) is 0 Å². The number of hydrazine groups is 1. The van der Waals surface area contributed by atoms with Crippen molar-refractivity contribution in [2.75, 3.05) is 34.2 Å². The van der Waals surface area contributed by atoms with Crippen LogP contribution >= 0.6 is 0 Å². The molecule has 0 N–H and O–H groups in total. The van der Waals surface area contributed by atoms with Crippen molar-refractivity contribution in [3.63, 3.8) is 0 Å². The fourth-order valence-electron chi connectivity index (χ4n) is 2.11. The first kappa shape index (κ1) is 15.2. The number of rotatable bonds is 2. The van der Waals surface area contributed by atoms with Crippen molar-refractivity contribution in [3.05, 3.63) is 0 Å². The van der Waals surface area contributed by atoms with Crippen LogP contribution in [0.1, 0.15) is 33.6 Å². The zero-order valence-electron chi connectivity index (χ0n) is 12.6. The maximum atomic E-state index is 11.9. The molecule has 1 saturated heterocycles. The Kier molecular flexibility index (Phi) is 4.99. The van der Waals surface area contributed by atoms with Crippen molar-refractivity contribution in [2.24, 2.45) is 0 Å². The molecule has 5 nitrogen and oxygen atoms in total. The van der Waals surface area contributed by atoms with E-state index in [4.69, 9.17) is 4.74 Å². The minimum Gasteiger partial charge on any atom is -0.443 e. The van der Waals surface area contributed by atoms with E-state index in [2.05, 4.69) is 24.0 Å². The average molecular weight is 257 g/mol. The Balaban J connectivity index is 2.45. The zero-order valence-corrected chi connectivity index (χ0v) is 12.6. The predicted molar refractivity (Wildman–Crippen MR) is 72.3 cm³/mol. The molecule has 0 unspecified atom stereocenters. The van der Waals surface area contributed by atoms with Crippen LogP contribution in [-0.4, -0.2) is 66.9 Å². The molecule has 0 atom stereocenters. The molecule has 0 saturated carbocycles. The molecule has 0 bridgehead atoms. The molecule has 1 aliphatic heterocycles. The summed E-state index contributed by atoms with van der Waals surface area (Å²) in [6.07, 6.45) is 1.89. The molecule has 1 amide bonds. The molecule has 106 valence electrons. The summed E-state index contributed by atoms with van der Waals surface area (Å²) < 4.78 is 5.36. The third-order valence-corrected chi connectivity index (χ3v) is 3.25. The van der Waals surface area contributed by atoms with Gasteiger partial charge in [-0.3, -0.25) is 0 Å². The summed E-state index contributed by atoms with van der Waals surface area (Å²) in [4.78, 5) is 14.2. The fraction of sp³-hybridized carbons (Fsp3) is 0.923. The van der Waals surface area contributed by atoms with Gasteiger partial charge in [0.1, 0.15) is 5.60 Å². The second-order valence-electron chi connectivity index (χ2n) is 6.15. The Morgan fingerprint density at radius 3 is 2.06 bits per heavy atom. The summed E-state index contributed by atoms with van der Waals surface area (Å²) in [5.41, 5.74) is -0.437. The van der Waals surface area contributed by atoms with E-state index in [1.54, 1.807) is 12.1 Å². The monoisotopic (exact) mass is 257 g/mol. The summed E-state index contributed by atoms with van der Waals surface area (Å²) in [6.45, 7) is 7.46. The van der Waals surface area contributed by atoms with Gasteiger partial charge in [-0.05, 0) is 47.7 Å². The minimum atomic E-state index is -0.437. The van der Waals surface area contributed by atoms with Gasteiger partial charge in [-0.15, -0.1) is 0 Å². The van der Waals surface area contributed by atoms with Gasteiger partial charge in [0.15, 0.2) is 0 Å². The van der Waals surface area contributed by atoms with Gasteiger partial charge >= 0.3 is 6.09 Å². The molecular weight excluding hydrogens is 230 g/mol. The molecule has 5 heteroatoms. The number of ether oxygens (including phenoxy) is 1. The highest BCUT2D eigenvalue weighted by Crippen LogP contribution is 2.17. The number of hydrogen-bond donors (Lipinski definition) is 0. The molecule has 0 aromatic heterocycles. The van der Waals surface area contributed by atoms with Crippen molar-refractivity contribution in [1.29, 1.82) is 0 Å². The van der Waals surface area contributed by atoms with E-state index >= 15 is 0 Å². The van der Waals surface area contributed by atoms with Crippen LogP contribution in [0.25, 0.3) is 0 Å². The fourth-order valence-corrected chi connectivity index (χ4v) is 2.11. The van der Waals surface area contributed by atoms with Crippen molar-refractivity contribution in [1.82, 2.24) is 14.9 Å². The van der Waals surface area contributed by atoms with Crippen molar-refractivity contribution in [2.45, 2.75) is 45.3 Å². The van der Waals surface area contributed by atoms with E-state index in [0.717, 1.165) is 25.9 Å². The number of carbonyl (C=O) groups excluding carboxylic acids is 1. The van der Waals surface area contributed by atoms with Crippen LogP contribution in [0.3, 0.4) is 0 Å². The normalized spacial score (nSPS) is 19.1. The van der Waals surface area contributed by atoms with E-state index < -0.39 is 5.60 Å². The zero-order chi connectivity index (χ0) is 13.9. The van der Waals surface area contributed by atoms with E-state index in [0.29, 0.717) is 6.04 Å². The first-order valence-corrected chi connectivity index (χ1v) is 6.58. The van der Waals surface area contributed by atoms with Gasteiger partial charge < -0.3 is 9.64 Å². The predicted octanol–water partition coefficient (Wildman–Crippen LogP) is 1.79. The number of piperidine rings is 1. The number of nitrogens with zero attached hydrogens (tertiary/aromatic N) is 3. The smallest absolute Gasteiger partial charge is 0.424 e. The van der Waals surface area contributed by atoms with Crippen molar-refractivity contribution in [3.8, 4) is 0 Å². The molecule has 0 aliphatic carbocycles. The van der Waals surface area contributed by atoms with Crippen LogP contribution in [-0.2, 0) is 4.74 Å². The number of carbonyl (C=O) groups is 1. The van der Waals surface area contributed by atoms with Crippen LogP contribution < -0.4 is 0 Å². The first-order valence-electron chi connectivity index (χ1n) is 6.58. The number of hydrogen-bond acceptors (Lipinski definition) is 4. The maximum absolute atomic E-state index is 11.9. The first-order chi connectivity index (χ1) is 8.20. The van der Waals surface area contributed by atoms with Gasteiger partial charge in [0.2, 0.25) is 0 Å². The maximum Gasteiger partial charge on any atom is 0.424 e. The van der Waals surface area contributed by atoms with Gasteiger partial charge in [0.25, 0.3) is 0 Å². The van der Waals surface area contributed by atoms with Gasteiger partial charge in [0.05, 0.1) is 0 Å². The van der Waals surface area contributed by atoms with Crippen LogP contribution in [0.15, 0.2) is 0 Å². The SMILES string of the molecule is CN(C)C1CCN(N(C)C(=O)OC(C)(C)C)CC1. The van der Waals surface area contributed by atoms with Crippen LogP contribution in [0.4, 0.5) is 4.79 Å². The lowest BCUT2D eigenvalue weighted by molar-refractivity contribution is -0.0526. The Morgan fingerprint density at radius 2 is 1.67 bits per heavy atom. The summed E-state index contributed by atoms with van der Waals surface area (Å²) in [5, 5.41) is 3.67. The van der Waals surface area contributed by atoms with Gasteiger partial charge in [-0.25, -0.2) is 14.8 Å². The largest absolute Gasteiger partial charge is 0.443 e. The molecule has 18 heavy (non-hydrogen) atoms. The van der Waals surface area contributed by atoms with Gasteiger partial charge in [-0.1, -0.05) is 0 Å². The molecule has 1 aliphatic rings. The van der Waals surface area contributed by atoms with E-state index in [-0.39, 0.29) is 6.09 Å². The molecule has 1 fully saturated rings. The Labute approximate surface area is 111 Å². The Bertz CT molecular complexity index is 278. The highest BCUT2D eigenvalue weighted by atomic mass is 16.6. The topological polar surface area (TPSA) is 36.0 Å². The Morgan fingerprint density at radius 1 is 1.17 bits per heavy atom. The van der Waals surface area contributed by atoms with E-state index in [9.17, 15) is 4.79 Å². The molecule has 0 radical (unpaired) electrons. The molecule has 0 spiro atoms.